The summed E-state index contributed by atoms with van der Waals surface area (Å²) in [6.45, 7) is 5.27. The van der Waals surface area contributed by atoms with Crippen molar-refractivity contribution in [1.82, 2.24) is 10.2 Å². The minimum absolute atomic E-state index is 0.0374. The summed E-state index contributed by atoms with van der Waals surface area (Å²) in [5, 5.41) is 5.98. The average molecular weight is 289 g/mol. The highest BCUT2D eigenvalue weighted by Crippen LogP contribution is 2.24. The molecule has 0 bridgehead atoms. The van der Waals surface area contributed by atoms with Gasteiger partial charge in [-0.25, -0.2) is 0 Å². The second kappa shape index (κ2) is 7.11. The molecule has 1 aliphatic heterocycles. The first-order valence-electron chi connectivity index (χ1n) is 7.55. The molecule has 0 saturated heterocycles. The molecule has 0 fully saturated rings. The van der Waals surface area contributed by atoms with Gasteiger partial charge in [0.05, 0.1) is 6.54 Å². The van der Waals surface area contributed by atoms with E-state index >= 15 is 0 Å². The number of amides is 2. The lowest BCUT2D eigenvalue weighted by Gasteiger charge is -2.26. The van der Waals surface area contributed by atoms with Gasteiger partial charge in [-0.1, -0.05) is 18.2 Å². The van der Waals surface area contributed by atoms with Gasteiger partial charge >= 0.3 is 0 Å². The zero-order valence-electron chi connectivity index (χ0n) is 12.7. The van der Waals surface area contributed by atoms with E-state index in [1.54, 1.807) is 4.90 Å². The third-order valence-corrected chi connectivity index (χ3v) is 3.90. The van der Waals surface area contributed by atoms with E-state index in [2.05, 4.69) is 16.7 Å². The summed E-state index contributed by atoms with van der Waals surface area (Å²) in [6, 6.07) is 7.75. The summed E-state index contributed by atoms with van der Waals surface area (Å²) in [4.78, 5) is 25.8. The van der Waals surface area contributed by atoms with Crippen LogP contribution in [0.3, 0.4) is 0 Å². The molecule has 0 aliphatic carbocycles. The van der Waals surface area contributed by atoms with E-state index in [0.717, 1.165) is 18.5 Å². The molecular weight excluding hydrogens is 266 g/mol. The lowest BCUT2D eigenvalue weighted by molar-refractivity contribution is -0.132. The van der Waals surface area contributed by atoms with E-state index in [4.69, 9.17) is 0 Å². The predicted octanol–water partition coefficient (Wildman–Crippen LogP) is 1.40. The molecule has 1 unspecified atom stereocenters. The number of nitrogens with zero attached hydrogens (tertiary/aromatic N) is 1. The summed E-state index contributed by atoms with van der Waals surface area (Å²) in [6.07, 6.45) is 1.63. The number of benzene rings is 1. The molecule has 1 atom stereocenters. The summed E-state index contributed by atoms with van der Waals surface area (Å²) in [5.41, 5.74) is 2.25. The van der Waals surface area contributed by atoms with Crippen LogP contribution in [0.15, 0.2) is 24.3 Å². The van der Waals surface area contributed by atoms with Crippen LogP contribution in [0.1, 0.15) is 25.8 Å². The number of nitrogens with one attached hydrogen (secondary N) is 2. The molecule has 1 aromatic rings. The maximum atomic E-state index is 12.2. The Morgan fingerprint density at radius 2 is 2.00 bits per heavy atom. The van der Waals surface area contributed by atoms with Crippen LogP contribution in [0.5, 0.6) is 0 Å². The lowest BCUT2D eigenvalue weighted by Crippen LogP contribution is -2.46. The minimum Gasteiger partial charge on any atom is -0.373 e. The van der Waals surface area contributed by atoms with E-state index in [0.29, 0.717) is 13.1 Å². The van der Waals surface area contributed by atoms with Gasteiger partial charge in [0, 0.05) is 18.8 Å². The smallest absolute Gasteiger partial charge is 0.242 e. The zero-order chi connectivity index (χ0) is 15.2. The second-order valence-electron chi connectivity index (χ2n) is 5.18. The number of para-hydroxylation sites is 1. The topological polar surface area (TPSA) is 61.4 Å². The van der Waals surface area contributed by atoms with Crippen LogP contribution in [-0.2, 0) is 16.0 Å². The van der Waals surface area contributed by atoms with Crippen molar-refractivity contribution in [3.8, 4) is 0 Å². The average Bonchev–Trinajstić information content (AvgIpc) is 2.53. The largest absolute Gasteiger partial charge is 0.373 e. The number of carbonyl (C=O) groups excluding carboxylic acids is 2. The van der Waals surface area contributed by atoms with Gasteiger partial charge in [0.2, 0.25) is 11.8 Å². The first kappa shape index (κ1) is 15.4. The number of carbonyl (C=O) groups is 2. The highest BCUT2D eigenvalue weighted by molar-refractivity contribution is 5.89. The van der Waals surface area contributed by atoms with E-state index in [1.807, 2.05) is 32.0 Å². The number of hydrogen-bond donors (Lipinski definition) is 2. The summed E-state index contributed by atoms with van der Waals surface area (Å²) in [5.74, 6) is -0.144. The fourth-order valence-electron chi connectivity index (χ4n) is 2.61. The fraction of sp³-hybridized carbons (Fsp3) is 0.500. The highest BCUT2D eigenvalue weighted by atomic mass is 16.2. The van der Waals surface area contributed by atoms with Crippen molar-refractivity contribution in [2.24, 2.45) is 0 Å². The molecule has 1 aliphatic rings. The van der Waals surface area contributed by atoms with Crippen LogP contribution in [0.25, 0.3) is 0 Å². The first-order chi connectivity index (χ1) is 10.2. The summed E-state index contributed by atoms with van der Waals surface area (Å²) < 4.78 is 0. The molecule has 0 aromatic heterocycles. The number of aryl methyl sites for hydroxylation is 1. The first-order valence-corrected chi connectivity index (χ1v) is 7.55. The quantitative estimate of drug-likeness (QED) is 0.861. The van der Waals surface area contributed by atoms with E-state index in [1.165, 1.54) is 5.56 Å². The molecule has 114 valence electrons. The molecule has 2 N–H and O–H groups in total. The predicted molar refractivity (Wildman–Crippen MR) is 83.1 cm³/mol. The fourth-order valence-corrected chi connectivity index (χ4v) is 2.61. The van der Waals surface area contributed by atoms with E-state index in [9.17, 15) is 9.59 Å². The van der Waals surface area contributed by atoms with E-state index < -0.39 is 0 Å². The molecule has 5 heteroatoms. The van der Waals surface area contributed by atoms with Crippen molar-refractivity contribution >= 4 is 17.5 Å². The van der Waals surface area contributed by atoms with Gasteiger partial charge in [0.1, 0.15) is 6.04 Å². The Kier molecular flexibility index (Phi) is 5.20. The van der Waals surface area contributed by atoms with Gasteiger partial charge in [-0.3, -0.25) is 9.59 Å². The molecule has 1 aromatic carbocycles. The SMILES string of the molecule is CCN(CC)C(=O)CNC(=O)C1CCc2ccccc2N1. The van der Waals surface area contributed by atoms with Gasteiger partial charge in [-0.2, -0.15) is 0 Å². The normalized spacial score (nSPS) is 16.6. The van der Waals surface area contributed by atoms with Crippen LogP contribution in [0.4, 0.5) is 5.69 Å². The van der Waals surface area contributed by atoms with Gasteiger partial charge in [-0.05, 0) is 38.3 Å². The monoisotopic (exact) mass is 289 g/mol. The molecule has 5 nitrogen and oxygen atoms in total. The highest BCUT2D eigenvalue weighted by Gasteiger charge is 2.24. The van der Waals surface area contributed by atoms with Crippen molar-refractivity contribution in [3.05, 3.63) is 29.8 Å². The van der Waals surface area contributed by atoms with Crippen molar-refractivity contribution < 1.29 is 9.59 Å². The molecule has 1 heterocycles. The van der Waals surface area contributed by atoms with Crippen LogP contribution in [0, 0.1) is 0 Å². The number of rotatable bonds is 5. The Bertz CT molecular complexity index is 512. The Balaban J connectivity index is 1.86. The number of fused-ring (bicyclic) bond motifs is 1. The number of likely N-dealkylation sites (N-methyl/N-ethyl adjacent to an activating group) is 1. The van der Waals surface area contributed by atoms with Gasteiger partial charge in [0.15, 0.2) is 0 Å². The van der Waals surface area contributed by atoms with Crippen LogP contribution >= 0.6 is 0 Å². The van der Waals surface area contributed by atoms with Gasteiger partial charge in [-0.15, -0.1) is 0 Å². The van der Waals surface area contributed by atoms with Crippen molar-refractivity contribution in [2.45, 2.75) is 32.7 Å². The molecule has 21 heavy (non-hydrogen) atoms. The van der Waals surface area contributed by atoms with Crippen LogP contribution in [0.2, 0.25) is 0 Å². The minimum atomic E-state index is -0.260. The van der Waals surface area contributed by atoms with E-state index in [-0.39, 0.29) is 24.4 Å². The molecule has 0 saturated carbocycles. The lowest BCUT2D eigenvalue weighted by atomic mass is 9.98. The zero-order valence-corrected chi connectivity index (χ0v) is 12.7. The van der Waals surface area contributed by atoms with Crippen molar-refractivity contribution in [1.29, 1.82) is 0 Å². The molecule has 0 radical (unpaired) electrons. The standard InChI is InChI=1S/C16H23N3O2/c1-3-19(4-2)15(20)11-17-16(21)14-10-9-12-7-5-6-8-13(12)18-14/h5-8,14,18H,3-4,9-11H2,1-2H3,(H,17,21). The third kappa shape index (κ3) is 3.74. The number of anilines is 1. The van der Waals surface area contributed by atoms with Crippen molar-refractivity contribution in [2.75, 3.05) is 25.0 Å². The maximum absolute atomic E-state index is 12.2. The third-order valence-electron chi connectivity index (χ3n) is 3.90. The molecular formula is C16H23N3O2. The summed E-state index contributed by atoms with van der Waals surface area (Å²) in [7, 11) is 0. The Morgan fingerprint density at radius 1 is 1.29 bits per heavy atom. The van der Waals surface area contributed by atoms with Crippen LogP contribution < -0.4 is 10.6 Å². The van der Waals surface area contributed by atoms with Gasteiger partial charge in [0.25, 0.3) is 0 Å². The summed E-state index contributed by atoms with van der Waals surface area (Å²) >= 11 is 0. The Morgan fingerprint density at radius 3 is 2.71 bits per heavy atom. The molecule has 2 rings (SSSR count). The Hall–Kier alpha value is -2.04. The van der Waals surface area contributed by atoms with Crippen molar-refractivity contribution in [3.63, 3.8) is 0 Å². The Labute approximate surface area is 125 Å². The maximum Gasteiger partial charge on any atom is 0.242 e. The number of hydrogen-bond acceptors (Lipinski definition) is 3. The van der Waals surface area contributed by atoms with Crippen LogP contribution in [-0.4, -0.2) is 42.4 Å². The second-order valence-corrected chi connectivity index (χ2v) is 5.18. The van der Waals surface area contributed by atoms with Gasteiger partial charge < -0.3 is 15.5 Å². The molecule has 2 amide bonds. The molecule has 0 spiro atoms.